The van der Waals surface area contributed by atoms with E-state index in [4.69, 9.17) is 4.74 Å². The molecule has 0 fully saturated rings. The van der Waals surface area contributed by atoms with Gasteiger partial charge in [0.05, 0.1) is 18.8 Å². The summed E-state index contributed by atoms with van der Waals surface area (Å²) in [5.41, 5.74) is 0.337. The highest BCUT2D eigenvalue weighted by atomic mass is 16.5. The van der Waals surface area contributed by atoms with Crippen LogP contribution in [-0.2, 0) is 9.53 Å². The molecular formula is C17H28O4. The van der Waals surface area contributed by atoms with Gasteiger partial charge in [0.2, 0.25) is 0 Å². The van der Waals surface area contributed by atoms with Gasteiger partial charge in [-0.15, -0.1) is 0 Å². The van der Waals surface area contributed by atoms with Gasteiger partial charge in [0.25, 0.3) is 0 Å². The highest BCUT2D eigenvalue weighted by molar-refractivity contribution is 5.88. The number of aliphatic hydroxyl groups excluding tert-OH is 1. The van der Waals surface area contributed by atoms with Crippen molar-refractivity contribution in [3.05, 3.63) is 23.5 Å². The van der Waals surface area contributed by atoms with Crippen molar-refractivity contribution in [3.8, 4) is 0 Å². The van der Waals surface area contributed by atoms with Crippen molar-refractivity contribution in [2.45, 2.75) is 64.4 Å². The standard InChI is InChI=1S/C17H28O4/c1-3-4-5-6-7-8-14(18)11-9-13-10-12-15(21-2)16(13)17(19)20/h9,11,13-14,18H,3-8,10,12H2,1-2H3,(H,19,20). The second kappa shape index (κ2) is 9.61. The monoisotopic (exact) mass is 296 g/mol. The van der Waals surface area contributed by atoms with Crippen LogP contribution in [-0.4, -0.2) is 29.4 Å². The van der Waals surface area contributed by atoms with E-state index in [-0.39, 0.29) is 5.92 Å². The average molecular weight is 296 g/mol. The van der Waals surface area contributed by atoms with Crippen LogP contribution in [0.5, 0.6) is 0 Å². The van der Waals surface area contributed by atoms with E-state index in [0.29, 0.717) is 17.8 Å². The van der Waals surface area contributed by atoms with Crippen LogP contribution in [0.3, 0.4) is 0 Å². The number of carboxylic acid groups (broad SMARTS) is 1. The van der Waals surface area contributed by atoms with Crippen LogP contribution < -0.4 is 0 Å². The minimum Gasteiger partial charge on any atom is -0.501 e. The predicted molar refractivity (Wildman–Crippen MR) is 82.9 cm³/mol. The van der Waals surface area contributed by atoms with E-state index < -0.39 is 12.1 Å². The van der Waals surface area contributed by atoms with E-state index in [1.165, 1.54) is 26.4 Å². The zero-order chi connectivity index (χ0) is 15.7. The molecule has 1 rings (SSSR count). The van der Waals surface area contributed by atoms with Gasteiger partial charge < -0.3 is 14.9 Å². The number of aliphatic carboxylic acids is 1. The first-order valence-electron chi connectivity index (χ1n) is 7.96. The molecular weight excluding hydrogens is 268 g/mol. The highest BCUT2D eigenvalue weighted by Crippen LogP contribution is 2.33. The third-order valence-electron chi connectivity index (χ3n) is 4.00. The van der Waals surface area contributed by atoms with E-state index in [1.807, 2.05) is 6.08 Å². The normalized spacial score (nSPS) is 20.2. The number of hydrogen-bond acceptors (Lipinski definition) is 3. The number of rotatable bonds is 10. The Kier molecular flexibility index (Phi) is 8.13. The van der Waals surface area contributed by atoms with Crippen molar-refractivity contribution in [2.75, 3.05) is 7.11 Å². The molecule has 120 valence electrons. The largest absolute Gasteiger partial charge is 0.501 e. The summed E-state index contributed by atoms with van der Waals surface area (Å²) < 4.78 is 5.13. The van der Waals surface area contributed by atoms with E-state index in [1.54, 1.807) is 6.08 Å². The van der Waals surface area contributed by atoms with Crippen molar-refractivity contribution < 1.29 is 19.7 Å². The molecule has 0 aromatic carbocycles. The van der Waals surface area contributed by atoms with Gasteiger partial charge in [-0.2, -0.15) is 0 Å². The molecule has 0 aromatic rings. The summed E-state index contributed by atoms with van der Waals surface area (Å²) in [6.07, 6.45) is 11.1. The molecule has 1 aliphatic rings. The van der Waals surface area contributed by atoms with Crippen molar-refractivity contribution in [1.29, 1.82) is 0 Å². The molecule has 0 spiro atoms. The number of methoxy groups -OCH3 is 1. The Morgan fingerprint density at radius 2 is 2.10 bits per heavy atom. The molecule has 1 aliphatic carbocycles. The fourth-order valence-electron chi connectivity index (χ4n) is 2.77. The number of allylic oxidation sites excluding steroid dienone is 2. The van der Waals surface area contributed by atoms with Crippen LogP contribution in [0, 0.1) is 5.92 Å². The zero-order valence-corrected chi connectivity index (χ0v) is 13.2. The summed E-state index contributed by atoms with van der Waals surface area (Å²) in [7, 11) is 1.51. The van der Waals surface area contributed by atoms with Gasteiger partial charge in [0.1, 0.15) is 5.76 Å². The summed E-state index contributed by atoms with van der Waals surface area (Å²) in [4.78, 5) is 11.3. The van der Waals surface area contributed by atoms with Gasteiger partial charge in [-0.3, -0.25) is 0 Å². The van der Waals surface area contributed by atoms with Gasteiger partial charge >= 0.3 is 5.97 Å². The summed E-state index contributed by atoms with van der Waals surface area (Å²) in [6, 6.07) is 0. The first-order chi connectivity index (χ1) is 10.1. The van der Waals surface area contributed by atoms with E-state index in [2.05, 4.69) is 6.92 Å². The minimum absolute atomic E-state index is 0.146. The second-order valence-corrected chi connectivity index (χ2v) is 5.65. The molecule has 0 aliphatic heterocycles. The fourth-order valence-corrected chi connectivity index (χ4v) is 2.77. The topological polar surface area (TPSA) is 66.8 Å². The quantitative estimate of drug-likeness (QED) is 0.477. The summed E-state index contributed by atoms with van der Waals surface area (Å²) in [5.74, 6) is -0.508. The molecule has 2 unspecified atom stereocenters. The zero-order valence-electron chi connectivity index (χ0n) is 13.2. The summed E-state index contributed by atoms with van der Waals surface area (Å²) >= 11 is 0. The number of carbonyl (C=O) groups is 1. The molecule has 0 saturated carbocycles. The van der Waals surface area contributed by atoms with Crippen molar-refractivity contribution in [1.82, 2.24) is 0 Å². The Bertz CT molecular complexity index is 384. The van der Waals surface area contributed by atoms with E-state index in [9.17, 15) is 15.0 Å². The van der Waals surface area contributed by atoms with E-state index >= 15 is 0 Å². The van der Waals surface area contributed by atoms with Crippen LogP contribution in [0.25, 0.3) is 0 Å². The Morgan fingerprint density at radius 1 is 1.38 bits per heavy atom. The SMILES string of the molecule is CCCCCCCC(O)C=CC1CCC(OC)=C1C(=O)O. The number of unbranched alkanes of at least 4 members (excludes halogenated alkanes) is 4. The maximum Gasteiger partial charge on any atom is 0.335 e. The summed E-state index contributed by atoms with van der Waals surface area (Å²) in [5, 5.41) is 19.2. The molecule has 0 saturated heterocycles. The van der Waals surface area contributed by atoms with Gasteiger partial charge in [-0.25, -0.2) is 4.79 Å². The fraction of sp³-hybridized carbons (Fsp3) is 0.706. The lowest BCUT2D eigenvalue weighted by Crippen LogP contribution is -2.10. The maximum atomic E-state index is 11.3. The van der Waals surface area contributed by atoms with Crippen LogP contribution in [0.2, 0.25) is 0 Å². The van der Waals surface area contributed by atoms with Crippen molar-refractivity contribution in [3.63, 3.8) is 0 Å². The Hall–Kier alpha value is -1.29. The second-order valence-electron chi connectivity index (χ2n) is 5.65. The molecule has 2 N–H and O–H groups in total. The van der Waals surface area contributed by atoms with Crippen LogP contribution >= 0.6 is 0 Å². The molecule has 0 amide bonds. The summed E-state index contributed by atoms with van der Waals surface area (Å²) in [6.45, 7) is 2.18. The van der Waals surface area contributed by atoms with Gasteiger partial charge in [-0.05, 0) is 12.8 Å². The lowest BCUT2D eigenvalue weighted by molar-refractivity contribution is -0.133. The van der Waals surface area contributed by atoms with Gasteiger partial charge in [0.15, 0.2) is 0 Å². The molecule has 0 heterocycles. The lowest BCUT2D eigenvalue weighted by atomic mass is 9.99. The third kappa shape index (κ3) is 5.92. The Balaban J connectivity index is 2.41. The molecule has 2 atom stereocenters. The first kappa shape index (κ1) is 17.8. The predicted octanol–water partition coefficient (Wildman–Crippen LogP) is 3.66. The number of hydrogen-bond donors (Lipinski definition) is 2. The average Bonchev–Trinajstić information content (AvgIpc) is 2.88. The minimum atomic E-state index is -0.923. The number of carboxylic acids is 1. The highest BCUT2D eigenvalue weighted by Gasteiger charge is 2.29. The van der Waals surface area contributed by atoms with Crippen LogP contribution in [0.4, 0.5) is 0 Å². The molecule has 4 heteroatoms. The van der Waals surface area contributed by atoms with Crippen LogP contribution in [0.1, 0.15) is 58.3 Å². The Labute approximate surface area is 127 Å². The van der Waals surface area contributed by atoms with Crippen molar-refractivity contribution >= 4 is 5.97 Å². The van der Waals surface area contributed by atoms with Crippen LogP contribution in [0.15, 0.2) is 23.5 Å². The molecule has 0 radical (unpaired) electrons. The number of aliphatic hydroxyl groups is 1. The van der Waals surface area contributed by atoms with E-state index in [0.717, 1.165) is 25.7 Å². The lowest BCUT2D eigenvalue weighted by Gasteiger charge is -2.09. The van der Waals surface area contributed by atoms with Crippen molar-refractivity contribution in [2.24, 2.45) is 5.92 Å². The molecule has 0 bridgehead atoms. The van der Waals surface area contributed by atoms with Gasteiger partial charge in [0, 0.05) is 12.3 Å². The third-order valence-corrected chi connectivity index (χ3v) is 4.00. The molecule has 21 heavy (non-hydrogen) atoms. The molecule has 0 aromatic heterocycles. The molecule has 4 nitrogen and oxygen atoms in total. The smallest absolute Gasteiger partial charge is 0.335 e. The maximum absolute atomic E-state index is 11.3. The van der Waals surface area contributed by atoms with Gasteiger partial charge in [-0.1, -0.05) is 51.2 Å². The number of ether oxygens (including phenoxy) is 1. The Morgan fingerprint density at radius 3 is 2.71 bits per heavy atom. The first-order valence-corrected chi connectivity index (χ1v) is 7.96.